The summed E-state index contributed by atoms with van der Waals surface area (Å²) < 4.78 is 0.799. The lowest BCUT2D eigenvalue weighted by atomic mass is 10.1. The zero-order chi connectivity index (χ0) is 13.8. The van der Waals surface area contributed by atoms with Crippen LogP contribution in [0.15, 0.2) is 40.9 Å². The number of amides is 1. The number of pyridine rings is 1. The van der Waals surface area contributed by atoms with Crippen molar-refractivity contribution in [3.63, 3.8) is 0 Å². The third-order valence-corrected chi connectivity index (χ3v) is 3.43. The van der Waals surface area contributed by atoms with Gasteiger partial charge >= 0.3 is 0 Å². The summed E-state index contributed by atoms with van der Waals surface area (Å²) in [4.78, 5) is 16.5. The molecule has 0 aliphatic rings. The van der Waals surface area contributed by atoms with Gasteiger partial charge in [0.25, 0.3) is 5.91 Å². The van der Waals surface area contributed by atoms with E-state index in [1.54, 1.807) is 0 Å². The van der Waals surface area contributed by atoms with E-state index in [4.69, 9.17) is 0 Å². The van der Waals surface area contributed by atoms with Gasteiger partial charge in [-0.3, -0.25) is 9.78 Å². The van der Waals surface area contributed by atoms with Crippen LogP contribution in [0.1, 0.15) is 27.3 Å². The molecule has 0 radical (unpaired) electrons. The van der Waals surface area contributed by atoms with Crippen molar-refractivity contribution in [2.75, 3.05) is 0 Å². The number of nitrogens with zero attached hydrogens (tertiary/aromatic N) is 1. The molecule has 3 nitrogen and oxygen atoms in total. The van der Waals surface area contributed by atoms with E-state index in [0.717, 1.165) is 21.4 Å². The number of halogens is 1. The van der Waals surface area contributed by atoms with Gasteiger partial charge < -0.3 is 5.32 Å². The highest BCUT2D eigenvalue weighted by molar-refractivity contribution is 9.10. The second kappa shape index (κ2) is 5.97. The van der Waals surface area contributed by atoms with Gasteiger partial charge in [-0.15, -0.1) is 0 Å². The SMILES string of the molecule is Cc1ccc(Br)c(C(=O)NCc2cccc(C)n2)c1. The van der Waals surface area contributed by atoms with Crippen LogP contribution in [-0.2, 0) is 6.54 Å². The van der Waals surface area contributed by atoms with Crippen molar-refractivity contribution in [1.82, 2.24) is 10.3 Å². The molecule has 1 amide bonds. The zero-order valence-corrected chi connectivity index (χ0v) is 12.5. The summed E-state index contributed by atoms with van der Waals surface area (Å²) in [5.74, 6) is -0.0983. The first-order valence-corrected chi connectivity index (χ1v) is 6.82. The Morgan fingerprint density at radius 3 is 2.79 bits per heavy atom. The Labute approximate surface area is 121 Å². The maximum Gasteiger partial charge on any atom is 0.252 e. The first-order valence-electron chi connectivity index (χ1n) is 6.03. The van der Waals surface area contributed by atoms with Crippen LogP contribution in [-0.4, -0.2) is 10.9 Å². The maximum atomic E-state index is 12.1. The van der Waals surface area contributed by atoms with Crippen LogP contribution in [0.25, 0.3) is 0 Å². The lowest BCUT2D eigenvalue weighted by molar-refractivity contribution is 0.0949. The molecule has 0 bridgehead atoms. The lowest BCUT2D eigenvalue weighted by Gasteiger charge is -2.08. The molecule has 0 aliphatic heterocycles. The van der Waals surface area contributed by atoms with Crippen molar-refractivity contribution in [1.29, 1.82) is 0 Å². The van der Waals surface area contributed by atoms with E-state index in [2.05, 4.69) is 26.2 Å². The Bertz CT molecular complexity index is 611. The Morgan fingerprint density at radius 2 is 2.05 bits per heavy atom. The molecule has 1 aromatic heterocycles. The van der Waals surface area contributed by atoms with Crippen LogP contribution < -0.4 is 5.32 Å². The zero-order valence-electron chi connectivity index (χ0n) is 10.9. The molecule has 2 rings (SSSR count). The molecule has 0 atom stereocenters. The number of hydrogen-bond donors (Lipinski definition) is 1. The molecule has 0 unspecified atom stereocenters. The normalized spacial score (nSPS) is 10.3. The standard InChI is InChI=1S/C15H15BrN2O/c1-10-6-7-14(16)13(8-10)15(19)17-9-12-5-3-4-11(2)18-12/h3-8H,9H2,1-2H3,(H,17,19). The summed E-state index contributed by atoms with van der Waals surface area (Å²) in [7, 11) is 0. The Kier molecular flexibility index (Phi) is 4.32. The number of benzene rings is 1. The number of aryl methyl sites for hydroxylation is 2. The van der Waals surface area contributed by atoms with Crippen LogP contribution in [0.2, 0.25) is 0 Å². The lowest BCUT2D eigenvalue weighted by Crippen LogP contribution is -2.23. The molecule has 1 heterocycles. The number of rotatable bonds is 3. The van der Waals surface area contributed by atoms with Gasteiger partial charge in [0.05, 0.1) is 17.8 Å². The molecule has 4 heteroatoms. The smallest absolute Gasteiger partial charge is 0.252 e. The van der Waals surface area contributed by atoms with Gasteiger partial charge in [-0.2, -0.15) is 0 Å². The topological polar surface area (TPSA) is 42.0 Å². The number of nitrogens with one attached hydrogen (secondary N) is 1. The maximum absolute atomic E-state index is 12.1. The highest BCUT2D eigenvalue weighted by atomic mass is 79.9. The molecule has 0 fully saturated rings. The van der Waals surface area contributed by atoms with Gasteiger partial charge in [-0.25, -0.2) is 0 Å². The third kappa shape index (κ3) is 3.64. The fourth-order valence-electron chi connectivity index (χ4n) is 1.78. The van der Waals surface area contributed by atoms with E-state index < -0.39 is 0 Å². The number of aromatic nitrogens is 1. The predicted molar refractivity (Wildman–Crippen MR) is 79.0 cm³/mol. The minimum Gasteiger partial charge on any atom is -0.346 e. The van der Waals surface area contributed by atoms with Gasteiger partial charge in [-0.1, -0.05) is 17.7 Å². The van der Waals surface area contributed by atoms with Crippen molar-refractivity contribution in [2.24, 2.45) is 0 Å². The predicted octanol–water partition coefficient (Wildman–Crippen LogP) is 3.39. The van der Waals surface area contributed by atoms with Gasteiger partial charge in [0, 0.05) is 10.2 Å². The number of carbonyl (C=O) groups excluding carboxylic acids is 1. The molecule has 0 saturated carbocycles. The van der Waals surface area contributed by atoms with Crippen LogP contribution in [0.5, 0.6) is 0 Å². The fraction of sp³-hybridized carbons (Fsp3) is 0.200. The van der Waals surface area contributed by atoms with E-state index in [9.17, 15) is 4.79 Å². The van der Waals surface area contributed by atoms with E-state index in [0.29, 0.717) is 12.1 Å². The highest BCUT2D eigenvalue weighted by Crippen LogP contribution is 2.18. The van der Waals surface area contributed by atoms with Crippen molar-refractivity contribution in [3.05, 3.63) is 63.4 Å². The molecule has 2 aromatic rings. The monoisotopic (exact) mass is 318 g/mol. The summed E-state index contributed by atoms with van der Waals surface area (Å²) in [6.45, 7) is 4.33. The second-order valence-electron chi connectivity index (χ2n) is 4.44. The fourth-order valence-corrected chi connectivity index (χ4v) is 2.20. The highest BCUT2D eigenvalue weighted by Gasteiger charge is 2.10. The summed E-state index contributed by atoms with van der Waals surface area (Å²) in [5.41, 5.74) is 3.51. The first kappa shape index (κ1) is 13.7. The summed E-state index contributed by atoms with van der Waals surface area (Å²) in [5, 5.41) is 2.88. The first-order chi connectivity index (χ1) is 9.06. The van der Waals surface area contributed by atoms with E-state index in [1.165, 1.54) is 0 Å². The number of carbonyl (C=O) groups is 1. The molecule has 0 spiro atoms. The van der Waals surface area contributed by atoms with Crippen LogP contribution in [0.3, 0.4) is 0 Å². The van der Waals surface area contributed by atoms with Crippen molar-refractivity contribution in [3.8, 4) is 0 Å². The summed E-state index contributed by atoms with van der Waals surface area (Å²) >= 11 is 3.39. The van der Waals surface area contributed by atoms with E-state index in [-0.39, 0.29) is 5.91 Å². The summed E-state index contributed by atoms with van der Waals surface area (Å²) in [6, 6.07) is 11.5. The summed E-state index contributed by atoms with van der Waals surface area (Å²) in [6.07, 6.45) is 0. The largest absolute Gasteiger partial charge is 0.346 e. The van der Waals surface area contributed by atoms with Crippen LogP contribution in [0.4, 0.5) is 0 Å². The van der Waals surface area contributed by atoms with E-state index in [1.807, 2.05) is 50.2 Å². The Balaban J connectivity index is 2.07. The van der Waals surface area contributed by atoms with Gasteiger partial charge in [0.2, 0.25) is 0 Å². The van der Waals surface area contributed by atoms with Gasteiger partial charge in [0.1, 0.15) is 0 Å². The van der Waals surface area contributed by atoms with Crippen molar-refractivity contribution in [2.45, 2.75) is 20.4 Å². The van der Waals surface area contributed by atoms with Crippen LogP contribution in [0, 0.1) is 13.8 Å². The molecule has 98 valence electrons. The van der Waals surface area contributed by atoms with Gasteiger partial charge in [0.15, 0.2) is 0 Å². The minimum atomic E-state index is -0.0983. The Hall–Kier alpha value is -1.68. The van der Waals surface area contributed by atoms with Crippen molar-refractivity contribution >= 4 is 21.8 Å². The van der Waals surface area contributed by atoms with E-state index >= 15 is 0 Å². The average Bonchev–Trinajstić information content (AvgIpc) is 2.39. The van der Waals surface area contributed by atoms with Crippen LogP contribution >= 0.6 is 15.9 Å². The molecule has 0 saturated heterocycles. The Morgan fingerprint density at radius 1 is 1.26 bits per heavy atom. The molecular formula is C15H15BrN2O. The quantitative estimate of drug-likeness (QED) is 0.942. The molecule has 1 N–H and O–H groups in total. The second-order valence-corrected chi connectivity index (χ2v) is 5.29. The molecule has 0 aliphatic carbocycles. The number of hydrogen-bond acceptors (Lipinski definition) is 2. The minimum absolute atomic E-state index is 0.0983. The molecule has 1 aromatic carbocycles. The van der Waals surface area contributed by atoms with Gasteiger partial charge in [-0.05, 0) is 54.0 Å². The van der Waals surface area contributed by atoms with Crippen molar-refractivity contribution < 1.29 is 4.79 Å². The molecular weight excluding hydrogens is 304 g/mol. The average molecular weight is 319 g/mol. The third-order valence-electron chi connectivity index (χ3n) is 2.74. The molecule has 19 heavy (non-hydrogen) atoms.